The molecule has 0 aromatic heterocycles. The molecule has 0 saturated carbocycles. The van der Waals surface area contributed by atoms with Crippen LogP contribution < -0.4 is 5.32 Å². The summed E-state index contributed by atoms with van der Waals surface area (Å²) in [6.07, 6.45) is 3.62. The average molecular weight is 263 g/mol. The summed E-state index contributed by atoms with van der Waals surface area (Å²) in [7, 11) is -0.802. The van der Waals surface area contributed by atoms with Crippen LogP contribution in [0.4, 0.5) is 0 Å². The smallest absolute Gasteiger partial charge is 0.0536 e. The highest BCUT2D eigenvalue weighted by Crippen LogP contribution is 2.37. The zero-order valence-electron chi connectivity index (χ0n) is 11.2. The van der Waals surface area contributed by atoms with Gasteiger partial charge in [0.15, 0.2) is 0 Å². The minimum atomic E-state index is -0.802. The van der Waals surface area contributed by atoms with E-state index in [4.69, 9.17) is 0 Å². The molecule has 0 bridgehead atoms. The van der Waals surface area contributed by atoms with E-state index in [1.165, 1.54) is 36.0 Å². The van der Waals surface area contributed by atoms with Gasteiger partial charge in [0.1, 0.15) is 0 Å². The van der Waals surface area contributed by atoms with Gasteiger partial charge in [0.25, 0.3) is 0 Å². The molecule has 3 atom stereocenters. The van der Waals surface area contributed by atoms with Crippen molar-refractivity contribution >= 4 is 10.8 Å². The molecule has 2 aliphatic rings. The van der Waals surface area contributed by atoms with Gasteiger partial charge >= 0.3 is 0 Å². The average Bonchev–Trinajstić information content (AvgIpc) is 2.79. The normalized spacial score (nSPS) is 30.0. The Morgan fingerprint density at radius 1 is 1.33 bits per heavy atom. The lowest BCUT2D eigenvalue weighted by Crippen LogP contribution is -2.34. The van der Waals surface area contributed by atoms with Crippen molar-refractivity contribution in [2.45, 2.75) is 44.0 Å². The topological polar surface area (TPSA) is 29.1 Å². The molecule has 0 spiro atoms. The van der Waals surface area contributed by atoms with Gasteiger partial charge in [-0.25, -0.2) is 0 Å². The summed E-state index contributed by atoms with van der Waals surface area (Å²) in [6, 6.07) is 4.94. The first-order valence-corrected chi connectivity index (χ1v) is 8.30. The molecule has 0 fully saturated rings. The Bertz CT molecular complexity index is 498. The number of aryl methyl sites for hydroxylation is 2. The van der Waals surface area contributed by atoms with Gasteiger partial charge in [-0.2, -0.15) is 0 Å². The van der Waals surface area contributed by atoms with Crippen LogP contribution >= 0.6 is 0 Å². The summed E-state index contributed by atoms with van der Waals surface area (Å²) in [6.45, 7) is 5.32. The second kappa shape index (κ2) is 4.78. The molecule has 1 aromatic carbocycles. The lowest BCUT2D eigenvalue weighted by Gasteiger charge is -2.32. The van der Waals surface area contributed by atoms with Crippen LogP contribution in [0.5, 0.6) is 0 Å². The molecule has 3 unspecified atom stereocenters. The van der Waals surface area contributed by atoms with Crippen LogP contribution in [-0.4, -0.2) is 16.5 Å². The number of hydrogen-bond donors (Lipinski definition) is 1. The van der Waals surface area contributed by atoms with Crippen LogP contribution in [0.3, 0.4) is 0 Å². The van der Waals surface area contributed by atoms with Crippen LogP contribution in [-0.2, 0) is 23.6 Å². The quantitative estimate of drug-likeness (QED) is 0.888. The summed E-state index contributed by atoms with van der Waals surface area (Å²) in [5.74, 6) is 1.25. The second-order valence-electron chi connectivity index (χ2n) is 5.54. The zero-order valence-corrected chi connectivity index (χ0v) is 12.0. The van der Waals surface area contributed by atoms with Crippen LogP contribution in [0.15, 0.2) is 17.0 Å². The standard InChI is InChI=1S/C15H21NOS/c1-3-16-15-10(2)9-18(17)14-8-12-6-4-5-11(12)7-13(14)15/h7-8,10,15-16H,3-6,9H2,1-2H3. The van der Waals surface area contributed by atoms with Crippen molar-refractivity contribution in [2.24, 2.45) is 5.92 Å². The first-order chi connectivity index (χ1) is 8.70. The van der Waals surface area contributed by atoms with Crippen LogP contribution in [0.25, 0.3) is 0 Å². The molecule has 1 aliphatic heterocycles. The molecule has 1 N–H and O–H groups in total. The van der Waals surface area contributed by atoms with Gasteiger partial charge in [0.05, 0.1) is 10.8 Å². The van der Waals surface area contributed by atoms with E-state index < -0.39 is 10.8 Å². The predicted molar refractivity (Wildman–Crippen MR) is 75.3 cm³/mol. The van der Waals surface area contributed by atoms with E-state index in [-0.39, 0.29) is 0 Å². The third kappa shape index (κ3) is 1.94. The number of benzene rings is 1. The molecule has 0 saturated heterocycles. The number of hydrogen-bond acceptors (Lipinski definition) is 2. The molecule has 0 amide bonds. The van der Waals surface area contributed by atoms with Gasteiger partial charge in [0, 0.05) is 16.7 Å². The lowest BCUT2D eigenvalue weighted by molar-refractivity contribution is 0.410. The molecule has 3 heteroatoms. The molecule has 1 aromatic rings. The lowest BCUT2D eigenvalue weighted by atomic mass is 9.92. The van der Waals surface area contributed by atoms with E-state index in [0.717, 1.165) is 17.2 Å². The Kier molecular flexibility index (Phi) is 3.29. The highest BCUT2D eigenvalue weighted by atomic mass is 32.2. The van der Waals surface area contributed by atoms with Gasteiger partial charge in [-0.05, 0) is 54.5 Å². The van der Waals surface area contributed by atoms with Gasteiger partial charge < -0.3 is 5.32 Å². The van der Waals surface area contributed by atoms with Gasteiger partial charge in [-0.1, -0.05) is 19.9 Å². The number of fused-ring (bicyclic) bond motifs is 2. The largest absolute Gasteiger partial charge is 0.310 e. The van der Waals surface area contributed by atoms with Crippen molar-refractivity contribution in [3.63, 3.8) is 0 Å². The van der Waals surface area contributed by atoms with Crippen LogP contribution in [0.2, 0.25) is 0 Å². The fourth-order valence-corrected chi connectivity index (χ4v) is 4.90. The van der Waals surface area contributed by atoms with E-state index in [0.29, 0.717) is 12.0 Å². The van der Waals surface area contributed by atoms with E-state index in [9.17, 15) is 4.21 Å². The van der Waals surface area contributed by atoms with Crippen LogP contribution in [0, 0.1) is 5.92 Å². The zero-order chi connectivity index (χ0) is 12.7. The van der Waals surface area contributed by atoms with Crippen LogP contribution in [0.1, 0.15) is 43.0 Å². The molecular weight excluding hydrogens is 242 g/mol. The van der Waals surface area contributed by atoms with Crippen molar-refractivity contribution in [3.05, 3.63) is 28.8 Å². The fourth-order valence-electron chi connectivity index (χ4n) is 3.32. The van der Waals surface area contributed by atoms with Crippen molar-refractivity contribution in [2.75, 3.05) is 12.3 Å². The molecule has 1 heterocycles. The maximum atomic E-state index is 12.3. The van der Waals surface area contributed by atoms with Crippen molar-refractivity contribution in [1.29, 1.82) is 0 Å². The highest BCUT2D eigenvalue weighted by molar-refractivity contribution is 7.85. The first kappa shape index (κ1) is 12.4. The minimum absolute atomic E-state index is 0.383. The number of rotatable bonds is 2. The fraction of sp³-hybridized carbons (Fsp3) is 0.600. The first-order valence-electron chi connectivity index (χ1n) is 6.98. The summed E-state index contributed by atoms with van der Waals surface area (Å²) >= 11 is 0. The maximum absolute atomic E-state index is 12.3. The molecule has 3 rings (SSSR count). The molecule has 18 heavy (non-hydrogen) atoms. The molecule has 2 nitrogen and oxygen atoms in total. The van der Waals surface area contributed by atoms with Crippen molar-refractivity contribution in [3.8, 4) is 0 Å². The third-order valence-electron chi connectivity index (χ3n) is 4.21. The maximum Gasteiger partial charge on any atom is 0.0536 e. The van der Waals surface area contributed by atoms with Gasteiger partial charge in [-0.3, -0.25) is 4.21 Å². The Hall–Kier alpha value is -0.670. The summed E-state index contributed by atoms with van der Waals surface area (Å²) < 4.78 is 12.3. The Morgan fingerprint density at radius 2 is 2.06 bits per heavy atom. The third-order valence-corrected chi connectivity index (χ3v) is 5.88. The summed E-state index contributed by atoms with van der Waals surface area (Å²) in [4.78, 5) is 1.10. The van der Waals surface area contributed by atoms with Crippen molar-refractivity contribution < 1.29 is 4.21 Å². The SMILES string of the molecule is CCNC1c2cc3c(cc2S(=O)CC1C)CCC3. The molecule has 0 radical (unpaired) electrons. The molecule has 98 valence electrons. The highest BCUT2D eigenvalue weighted by Gasteiger charge is 2.31. The number of nitrogens with one attached hydrogen (secondary N) is 1. The van der Waals surface area contributed by atoms with Gasteiger partial charge in [0.2, 0.25) is 0 Å². The van der Waals surface area contributed by atoms with E-state index in [1.807, 2.05) is 0 Å². The summed E-state index contributed by atoms with van der Waals surface area (Å²) in [5, 5.41) is 3.57. The second-order valence-corrected chi connectivity index (χ2v) is 7.00. The van der Waals surface area contributed by atoms with Gasteiger partial charge in [-0.15, -0.1) is 0 Å². The predicted octanol–water partition coefficient (Wildman–Crippen LogP) is 2.58. The van der Waals surface area contributed by atoms with E-state index in [2.05, 4.69) is 31.3 Å². The monoisotopic (exact) mass is 263 g/mol. The Labute approximate surface area is 112 Å². The molecular formula is C15H21NOS. The minimum Gasteiger partial charge on any atom is -0.310 e. The van der Waals surface area contributed by atoms with E-state index in [1.54, 1.807) is 0 Å². The molecule has 1 aliphatic carbocycles. The Balaban J connectivity index is 2.10. The Morgan fingerprint density at radius 3 is 2.78 bits per heavy atom. The summed E-state index contributed by atoms with van der Waals surface area (Å²) in [5.41, 5.74) is 4.23. The van der Waals surface area contributed by atoms with Crippen molar-refractivity contribution in [1.82, 2.24) is 5.32 Å². The van der Waals surface area contributed by atoms with E-state index >= 15 is 0 Å².